The molecular weight excluding hydrogens is 571 g/mol. The van der Waals surface area contributed by atoms with Crippen molar-refractivity contribution in [2.24, 2.45) is 0 Å². The van der Waals surface area contributed by atoms with Gasteiger partial charge in [-0.15, -0.1) is 0 Å². The third-order valence-electron chi connectivity index (χ3n) is 6.67. The van der Waals surface area contributed by atoms with E-state index in [-0.39, 0.29) is 28.6 Å². The SMILES string of the molecule is CO[C@H]1O[C@@H](n2cnc3c(N)ncnc32)[C@@H](O)[C@H]1OP(=O)(O)OC[C@H]1O[C@@H](n2cnc3cnc(N)nc32)[C@@H](O)[C@H]1O. The quantitative estimate of drug-likeness (QED) is 0.118. The molecule has 0 saturated carbocycles. The van der Waals surface area contributed by atoms with Crippen molar-refractivity contribution < 1.29 is 48.0 Å². The Bertz CT molecular complexity index is 1620. The van der Waals surface area contributed by atoms with E-state index >= 15 is 0 Å². The van der Waals surface area contributed by atoms with Crippen LogP contribution in [-0.2, 0) is 27.8 Å². The molecule has 4 aromatic heterocycles. The Morgan fingerprint density at radius 2 is 1.71 bits per heavy atom. The van der Waals surface area contributed by atoms with Crippen LogP contribution in [0.5, 0.6) is 0 Å². The second-order valence-electron chi connectivity index (χ2n) is 9.17. The van der Waals surface area contributed by atoms with Gasteiger partial charge in [-0.05, 0) is 0 Å². The predicted octanol–water partition coefficient (Wildman–Crippen LogP) is -2.19. The number of nitrogens with two attached hydrogens (primary N) is 2. The molecule has 0 aromatic carbocycles. The summed E-state index contributed by atoms with van der Waals surface area (Å²) in [5, 5.41) is 32.1. The number of rotatable bonds is 8. The van der Waals surface area contributed by atoms with Crippen LogP contribution in [0.3, 0.4) is 0 Å². The number of methoxy groups -OCH3 is 1. The highest BCUT2D eigenvalue weighted by Gasteiger charge is 2.51. The maximum Gasteiger partial charge on any atom is 0.472 e. The summed E-state index contributed by atoms with van der Waals surface area (Å²) in [4.78, 5) is 34.5. The molecular formula is C20H25N10O10P. The molecule has 0 spiro atoms. The summed E-state index contributed by atoms with van der Waals surface area (Å²) in [6, 6.07) is 0. The van der Waals surface area contributed by atoms with Crippen molar-refractivity contribution in [3.63, 3.8) is 0 Å². The Kier molecular flexibility index (Phi) is 7.06. The van der Waals surface area contributed by atoms with E-state index in [1.165, 1.54) is 41.4 Å². The largest absolute Gasteiger partial charge is 0.472 e. The Balaban J connectivity index is 1.14. The summed E-state index contributed by atoms with van der Waals surface area (Å²) in [5.74, 6) is 0.0618. The lowest BCUT2D eigenvalue weighted by molar-refractivity contribution is -0.159. The Hall–Kier alpha value is -3.43. The van der Waals surface area contributed by atoms with Gasteiger partial charge in [0.1, 0.15) is 41.8 Å². The minimum Gasteiger partial charge on any atom is -0.387 e. The number of phosphoric acid groups is 1. The molecule has 6 rings (SSSR count). The first-order valence-electron chi connectivity index (χ1n) is 12.0. The van der Waals surface area contributed by atoms with Crippen LogP contribution in [0.25, 0.3) is 22.3 Å². The standard InChI is InChI=1S/C20H25N10O10P/c1-36-19-13(12(33)18(39-19)30-6-27-9-14(21)24-4-25-16(9)30)40-41(34,35)37-3-8-10(31)11(32)17(38-8)29-5-26-7-2-23-20(22)28-15(7)29/h2,4-6,8,10-13,17-19,31-33H,3H2,1H3,(H,34,35)(H2,21,24,25)(H2,22,23,28)/t8-,10+,11+,12+,13-,17-,18-,19+/m1/s1. The van der Waals surface area contributed by atoms with Crippen LogP contribution in [0.4, 0.5) is 11.8 Å². The number of ether oxygens (including phenoxy) is 3. The molecule has 4 aromatic rings. The number of phosphoric ester groups is 1. The van der Waals surface area contributed by atoms with Crippen molar-refractivity contribution >= 4 is 41.9 Å². The summed E-state index contributed by atoms with van der Waals surface area (Å²) in [7, 11) is -3.69. The number of anilines is 2. The molecule has 1 unspecified atom stereocenters. The van der Waals surface area contributed by atoms with Gasteiger partial charge in [0, 0.05) is 7.11 Å². The molecule has 41 heavy (non-hydrogen) atoms. The minimum atomic E-state index is -4.93. The molecule has 20 nitrogen and oxygen atoms in total. The molecule has 0 amide bonds. The van der Waals surface area contributed by atoms with Crippen LogP contribution in [0.2, 0.25) is 0 Å². The first-order valence-corrected chi connectivity index (χ1v) is 13.5. The number of hydrogen-bond acceptors (Lipinski definition) is 17. The van der Waals surface area contributed by atoms with Crippen molar-refractivity contribution in [1.29, 1.82) is 0 Å². The molecule has 2 aliphatic heterocycles. The van der Waals surface area contributed by atoms with Crippen LogP contribution in [0.15, 0.2) is 25.2 Å². The van der Waals surface area contributed by atoms with Crippen molar-refractivity contribution in [2.75, 3.05) is 25.2 Å². The van der Waals surface area contributed by atoms with Gasteiger partial charge in [-0.3, -0.25) is 18.2 Å². The number of imidazole rings is 2. The van der Waals surface area contributed by atoms with Gasteiger partial charge in [0.25, 0.3) is 0 Å². The molecule has 0 bridgehead atoms. The van der Waals surface area contributed by atoms with Crippen LogP contribution < -0.4 is 11.5 Å². The van der Waals surface area contributed by atoms with Gasteiger partial charge < -0.3 is 45.9 Å². The van der Waals surface area contributed by atoms with Gasteiger partial charge >= 0.3 is 7.82 Å². The lowest BCUT2D eigenvalue weighted by atomic mass is 10.1. The highest BCUT2D eigenvalue weighted by molar-refractivity contribution is 7.47. The number of hydrogen-bond donors (Lipinski definition) is 6. The third-order valence-corrected chi connectivity index (χ3v) is 7.65. The zero-order valence-electron chi connectivity index (χ0n) is 21.1. The monoisotopic (exact) mass is 596 g/mol. The summed E-state index contributed by atoms with van der Waals surface area (Å²) < 4.78 is 42.4. The van der Waals surface area contributed by atoms with Crippen LogP contribution in [-0.4, -0.2) is 110 Å². The normalized spacial score (nSPS) is 31.7. The number of aliphatic hydroxyl groups excluding tert-OH is 3. The summed E-state index contributed by atoms with van der Waals surface area (Å²) in [6.45, 7) is -0.681. The maximum absolute atomic E-state index is 12.9. The van der Waals surface area contributed by atoms with E-state index in [0.717, 1.165) is 0 Å². The van der Waals surface area contributed by atoms with E-state index in [0.29, 0.717) is 5.52 Å². The first-order chi connectivity index (χ1) is 19.6. The number of fused-ring (bicyclic) bond motifs is 2. The van der Waals surface area contributed by atoms with Crippen LogP contribution in [0.1, 0.15) is 12.5 Å². The number of aromatic nitrogens is 8. The molecule has 21 heteroatoms. The molecule has 6 heterocycles. The molecule has 220 valence electrons. The lowest BCUT2D eigenvalue weighted by Gasteiger charge is -2.23. The van der Waals surface area contributed by atoms with Gasteiger partial charge in [0.05, 0.1) is 25.5 Å². The molecule has 8 N–H and O–H groups in total. The average Bonchev–Trinajstić information content (AvgIpc) is 3.69. The fraction of sp³-hybridized carbons (Fsp3) is 0.500. The summed E-state index contributed by atoms with van der Waals surface area (Å²) in [6.07, 6.45) is -5.82. The van der Waals surface area contributed by atoms with Gasteiger partial charge in [-0.2, -0.15) is 4.98 Å². The van der Waals surface area contributed by atoms with Gasteiger partial charge in [-0.25, -0.2) is 29.5 Å². The Labute approximate surface area is 229 Å². The molecule has 2 saturated heterocycles. The maximum atomic E-state index is 12.9. The van der Waals surface area contributed by atoms with Crippen LogP contribution >= 0.6 is 7.82 Å². The van der Waals surface area contributed by atoms with E-state index in [9.17, 15) is 24.8 Å². The highest BCUT2D eigenvalue weighted by atomic mass is 31.2. The average molecular weight is 596 g/mol. The minimum absolute atomic E-state index is 0.0427. The molecule has 2 aliphatic rings. The van der Waals surface area contributed by atoms with E-state index < -0.39 is 63.7 Å². The topological polar surface area (TPSA) is 283 Å². The Morgan fingerprint density at radius 3 is 2.49 bits per heavy atom. The van der Waals surface area contributed by atoms with E-state index in [4.69, 9.17) is 34.7 Å². The Morgan fingerprint density at radius 1 is 0.976 bits per heavy atom. The zero-order valence-corrected chi connectivity index (χ0v) is 21.9. The van der Waals surface area contributed by atoms with Crippen molar-refractivity contribution in [1.82, 2.24) is 39.0 Å². The second kappa shape index (κ2) is 10.4. The third kappa shape index (κ3) is 4.89. The summed E-state index contributed by atoms with van der Waals surface area (Å²) in [5.41, 5.74) is 12.5. The fourth-order valence-corrected chi connectivity index (χ4v) is 5.61. The number of nitrogen functional groups attached to an aromatic ring is 2. The van der Waals surface area contributed by atoms with E-state index in [2.05, 4.69) is 29.9 Å². The lowest BCUT2D eigenvalue weighted by Crippen LogP contribution is -2.36. The van der Waals surface area contributed by atoms with Crippen molar-refractivity contribution in [3.8, 4) is 0 Å². The van der Waals surface area contributed by atoms with Crippen molar-refractivity contribution in [3.05, 3.63) is 25.2 Å². The number of nitrogens with zero attached hydrogens (tertiary/aromatic N) is 8. The van der Waals surface area contributed by atoms with Crippen LogP contribution in [0, 0.1) is 0 Å². The predicted molar refractivity (Wildman–Crippen MR) is 133 cm³/mol. The smallest absolute Gasteiger partial charge is 0.387 e. The highest BCUT2D eigenvalue weighted by Crippen LogP contribution is 2.49. The molecule has 0 radical (unpaired) electrons. The van der Waals surface area contributed by atoms with E-state index in [1.807, 2.05) is 0 Å². The second-order valence-corrected chi connectivity index (χ2v) is 10.6. The molecule has 2 fully saturated rings. The number of aliphatic hydroxyl groups is 3. The zero-order chi connectivity index (χ0) is 29.1. The van der Waals surface area contributed by atoms with Gasteiger partial charge in [0.2, 0.25) is 5.95 Å². The van der Waals surface area contributed by atoms with Crippen molar-refractivity contribution in [2.45, 2.75) is 49.3 Å². The van der Waals surface area contributed by atoms with Gasteiger partial charge in [0.15, 0.2) is 42.0 Å². The molecule has 0 aliphatic carbocycles. The fourth-order valence-electron chi connectivity index (χ4n) is 4.68. The summed E-state index contributed by atoms with van der Waals surface area (Å²) >= 11 is 0. The van der Waals surface area contributed by atoms with E-state index in [1.54, 1.807) is 0 Å². The first kappa shape index (κ1) is 27.7. The van der Waals surface area contributed by atoms with Gasteiger partial charge in [-0.1, -0.05) is 0 Å². The molecule has 9 atom stereocenters.